The largest absolute Gasteiger partial charge is 0.394 e. The molecule has 0 spiro atoms. The number of imidazole rings is 1. The topological polar surface area (TPSA) is 181 Å². The average molecular weight is 615 g/mol. The number of para-hydroxylation sites is 2. The number of anilines is 2. The highest BCUT2D eigenvalue weighted by atomic mass is 16.6. The number of aromatic nitrogens is 4. The summed E-state index contributed by atoms with van der Waals surface area (Å²) in [5, 5.41) is 22.3. The minimum absolute atomic E-state index is 0.0946. The van der Waals surface area contributed by atoms with Crippen LogP contribution in [0.25, 0.3) is 0 Å². The minimum atomic E-state index is -1.20. The summed E-state index contributed by atoms with van der Waals surface area (Å²) in [5.41, 5.74) is 0.0160. The molecule has 5 rings (SSSR count). The molecule has 0 radical (unpaired) electrons. The zero-order chi connectivity index (χ0) is 31.9. The maximum atomic E-state index is 13.5. The van der Waals surface area contributed by atoms with Crippen LogP contribution in [0.4, 0.5) is 16.2 Å². The van der Waals surface area contributed by atoms with Crippen LogP contribution in [0.1, 0.15) is 17.5 Å². The van der Waals surface area contributed by atoms with Crippen molar-refractivity contribution in [1.82, 2.24) is 24.4 Å². The second-order valence-corrected chi connectivity index (χ2v) is 9.96. The number of aliphatic hydroxyl groups is 2. The van der Waals surface area contributed by atoms with Crippen molar-refractivity contribution in [2.45, 2.75) is 31.0 Å². The van der Waals surface area contributed by atoms with Gasteiger partial charge in [0, 0.05) is 19.5 Å². The van der Waals surface area contributed by atoms with Crippen LogP contribution in [0.5, 0.6) is 0 Å². The Morgan fingerprint density at radius 2 is 1.76 bits per heavy atom. The lowest BCUT2D eigenvalue weighted by Crippen LogP contribution is -2.39. The number of aromatic amines is 1. The molecule has 232 valence electrons. The number of amides is 2. The molecule has 0 unspecified atom stereocenters. The third-order valence-electron chi connectivity index (χ3n) is 7.02. The summed E-state index contributed by atoms with van der Waals surface area (Å²) in [5.74, 6) is 4.85. The number of aliphatic hydroxyl groups excluding tert-OH is 2. The maximum absolute atomic E-state index is 13.5. The smallest absolute Gasteiger partial charge is 0.338 e. The van der Waals surface area contributed by atoms with Gasteiger partial charge in [-0.15, -0.1) is 0 Å². The van der Waals surface area contributed by atoms with Gasteiger partial charge >= 0.3 is 11.7 Å². The lowest BCUT2D eigenvalue weighted by atomic mass is 10.1. The minimum Gasteiger partial charge on any atom is -0.394 e. The van der Waals surface area contributed by atoms with E-state index in [4.69, 9.17) is 9.47 Å². The standard InChI is InChI=1S/C31H30N6O8/c1-44-27-26(40)24(18-38)45-29(27)36-16-20(28(41)34-30(36)42)9-8-14-32-25(39)15-21-17-35(19-33-21)31(43)37(22-10-4-2-5-11-22)23-12-6-3-7-13-23/h2-7,10-13,16-17,19,24,26-27,29,38,40H,14-15,18H2,1H3,(H,32,39)(H,34,41,42)/t24-,26-,27-,29-/m1/s1. The number of methoxy groups -OCH3 is 1. The van der Waals surface area contributed by atoms with Crippen LogP contribution in [0.2, 0.25) is 0 Å². The maximum Gasteiger partial charge on any atom is 0.338 e. The molecule has 4 N–H and O–H groups in total. The van der Waals surface area contributed by atoms with Gasteiger partial charge in [-0.2, -0.15) is 0 Å². The van der Waals surface area contributed by atoms with Gasteiger partial charge in [-0.05, 0) is 24.3 Å². The first-order chi connectivity index (χ1) is 21.8. The Morgan fingerprint density at radius 3 is 2.38 bits per heavy atom. The number of rotatable bonds is 8. The first-order valence-corrected chi connectivity index (χ1v) is 13.9. The highest BCUT2D eigenvalue weighted by Gasteiger charge is 2.45. The number of nitrogens with zero attached hydrogens (tertiary/aromatic N) is 4. The fourth-order valence-corrected chi connectivity index (χ4v) is 4.82. The van der Waals surface area contributed by atoms with Crippen molar-refractivity contribution in [3.05, 3.63) is 111 Å². The second-order valence-electron chi connectivity index (χ2n) is 9.96. The summed E-state index contributed by atoms with van der Waals surface area (Å²) in [4.78, 5) is 58.7. The molecule has 1 aliphatic heterocycles. The average Bonchev–Trinajstić information content (AvgIpc) is 3.64. The summed E-state index contributed by atoms with van der Waals surface area (Å²) < 4.78 is 13.1. The van der Waals surface area contributed by atoms with Crippen LogP contribution in [-0.4, -0.2) is 79.8 Å². The van der Waals surface area contributed by atoms with Crippen LogP contribution in [0.3, 0.4) is 0 Å². The SMILES string of the molecule is CO[C@@H]1[C@H](O)[C@@H](CO)O[C@H]1n1cc(C#CCNC(=O)Cc2cn(C(=O)N(c3ccccc3)c3ccccc3)cn2)c(=O)[nH]c1=O. The molecular formula is C31H30N6O8. The molecular weight excluding hydrogens is 584 g/mol. The van der Waals surface area contributed by atoms with Crippen molar-refractivity contribution in [2.75, 3.05) is 25.2 Å². The first kappa shape index (κ1) is 31.1. The number of H-pyrrole nitrogens is 1. The van der Waals surface area contributed by atoms with E-state index in [2.05, 4.69) is 27.1 Å². The van der Waals surface area contributed by atoms with E-state index in [0.717, 1.165) is 10.8 Å². The Balaban J connectivity index is 1.23. The molecule has 14 nitrogen and oxygen atoms in total. The summed E-state index contributed by atoms with van der Waals surface area (Å²) in [6, 6.07) is 17.9. The Labute approximate surface area is 256 Å². The molecule has 1 fully saturated rings. The molecule has 0 saturated carbocycles. The fourth-order valence-electron chi connectivity index (χ4n) is 4.82. The predicted octanol–water partition coefficient (Wildman–Crippen LogP) is 0.516. The highest BCUT2D eigenvalue weighted by molar-refractivity contribution is 6.00. The van der Waals surface area contributed by atoms with E-state index < -0.39 is 48.3 Å². The van der Waals surface area contributed by atoms with Crippen LogP contribution in [0, 0.1) is 11.8 Å². The Bertz CT molecular complexity index is 1790. The quantitative estimate of drug-likeness (QED) is 0.206. The Hall–Kier alpha value is -5.33. The van der Waals surface area contributed by atoms with E-state index in [1.54, 1.807) is 0 Å². The zero-order valence-corrected chi connectivity index (χ0v) is 24.1. The summed E-state index contributed by atoms with van der Waals surface area (Å²) in [6.07, 6.45) is -0.437. The number of carbonyl (C=O) groups is 2. The lowest BCUT2D eigenvalue weighted by molar-refractivity contribution is -0.120. The summed E-state index contributed by atoms with van der Waals surface area (Å²) >= 11 is 0. The van der Waals surface area contributed by atoms with E-state index in [9.17, 15) is 29.4 Å². The monoisotopic (exact) mass is 614 g/mol. The van der Waals surface area contributed by atoms with E-state index in [0.29, 0.717) is 17.1 Å². The highest BCUT2D eigenvalue weighted by Crippen LogP contribution is 2.30. The van der Waals surface area contributed by atoms with Crippen molar-refractivity contribution < 1.29 is 29.3 Å². The third-order valence-corrected chi connectivity index (χ3v) is 7.02. The van der Waals surface area contributed by atoms with Crippen molar-refractivity contribution >= 4 is 23.3 Å². The molecule has 4 atom stereocenters. The first-order valence-electron chi connectivity index (χ1n) is 13.9. The predicted molar refractivity (Wildman–Crippen MR) is 161 cm³/mol. The number of benzene rings is 2. The molecule has 2 amide bonds. The van der Waals surface area contributed by atoms with Gasteiger partial charge in [-0.25, -0.2) is 14.6 Å². The molecule has 0 aliphatic carbocycles. The van der Waals surface area contributed by atoms with Crippen molar-refractivity contribution in [1.29, 1.82) is 0 Å². The molecule has 14 heteroatoms. The van der Waals surface area contributed by atoms with Gasteiger partial charge in [0.2, 0.25) is 5.91 Å². The van der Waals surface area contributed by atoms with Gasteiger partial charge in [-0.1, -0.05) is 48.2 Å². The molecule has 1 saturated heterocycles. The van der Waals surface area contributed by atoms with Gasteiger partial charge in [0.25, 0.3) is 5.56 Å². The lowest BCUT2D eigenvalue weighted by Gasteiger charge is -2.22. The molecule has 3 heterocycles. The number of hydrogen-bond acceptors (Lipinski definition) is 9. The summed E-state index contributed by atoms with van der Waals surface area (Å²) in [7, 11) is 1.32. The number of carbonyl (C=O) groups excluding carboxylic acids is 2. The van der Waals surface area contributed by atoms with Crippen molar-refractivity contribution in [2.24, 2.45) is 0 Å². The molecule has 2 aromatic carbocycles. The van der Waals surface area contributed by atoms with Crippen LogP contribution in [0.15, 0.2) is 89.0 Å². The van der Waals surface area contributed by atoms with Crippen LogP contribution in [-0.2, 0) is 20.7 Å². The number of ether oxygens (including phenoxy) is 2. The molecule has 4 aromatic rings. The van der Waals surface area contributed by atoms with Crippen LogP contribution >= 0.6 is 0 Å². The molecule has 2 aromatic heterocycles. The Morgan fingerprint density at radius 1 is 1.09 bits per heavy atom. The normalized spacial score (nSPS) is 19.0. The van der Waals surface area contributed by atoms with E-state index in [1.807, 2.05) is 60.7 Å². The van der Waals surface area contributed by atoms with E-state index in [1.165, 1.54) is 29.1 Å². The third kappa shape index (κ3) is 6.92. The zero-order valence-electron chi connectivity index (χ0n) is 24.1. The fraction of sp³-hybridized carbons (Fsp3) is 0.258. The van der Waals surface area contributed by atoms with Crippen molar-refractivity contribution in [3.63, 3.8) is 0 Å². The van der Waals surface area contributed by atoms with E-state index >= 15 is 0 Å². The van der Waals surface area contributed by atoms with Gasteiger partial charge in [0.05, 0.1) is 36.6 Å². The van der Waals surface area contributed by atoms with Gasteiger partial charge in [0.1, 0.15) is 30.2 Å². The second kappa shape index (κ2) is 14.0. The van der Waals surface area contributed by atoms with Crippen molar-refractivity contribution in [3.8, 4) is 11.8 Å². The van der Waals surface area contributed by atoms with Gasteiger partial charge < -0.3 is 25.0 Å². The molecule has 45 heavy (non-hydrogen) atoms. The van der Waals surface area contributed by atoms with Gasteiger partial charge in [0.15, 0.2) is 6.23 Å². The molecule has 1 aliphatic rings. The van der Waals surface area contributed by atoms with E-state index in [-0.39, 0.29) is 24.6 Å². The molecule has 0 bridgehead atoms. The Kier molecular flexibility index (Phi) is 9.66. The number of nitrogens with one attached hydrogen (secondary N) is 2. The number of hydrogen-bond donors (Lipinski definition) is 4. The van der Waals surface area contributed by atoms with Crippen LogP contribution < -0.4 is 21.5 Å². The summed E-state index contributed by atoms with van der Waals surface area (Å²) in [6.45, 7) is -0.628. The van der Waals surface area contributed by atoms with Gasteiger partial charge in [-0.3, -0.25) is 28.6 Å².